The van der Waals surface area contributed by atoms with Gasteiger partial charge in [-0.15, -0.1) is 0 Å². The minimum atomic E-state index is -0.152. The van der Waals surface area contributed by atoms with Gasteiger partial charge in [-0.3, -0.25) is 4.79 Å². The first-order valence-corrected chi connectivity index (χ1v) is 12.2. The van der Waals surface area contributed by atoms with Crippen molar-refractivity contribution in [1.82, 2.24) is 10.6 Å². The van der Waals surface area contributed by atoms with E-state index in [0.717, 1.165) is 60.9 Å². The number of nitrogens with one attached hydrogen (secondary N) is 2. The molecule has 2 aromatic carbocycles. The summed E-state index contributed by atoms with van der Waals surface area (Å²) in [6, 6.07) is 11.9. The Hall–Kier alpha value is -2.73. The predicted octanol–water partition coefficient (Wildman–Crippen LogP) is 4.72. The standard InChI is InChI=1S/C25H33N3O3.C2H6/c1-17-4-8-21(28-12-10-26-11-13-28)15-22(17)25(29)27-18(2)20-7-9-23(24(14-20)30-3)31-16-19-5-6-19;1-2/h4,7-9,14-15,18-19,26H,5-6,10-13,16H2,1-3H3,(H,27,29);1-2H3. The molecule has 0 bridgehead atoms. The van der Waals surface area contributed by atoms with Gasteiger partial charge in [0.1, 0.15) is 0 Å². The summed E-state index contributed by atoms with van der Waals surface area (Å²) in [5.41, 5.74) is 3.79. The van der Waals surface area contributed by atoms with Crippen LogP contribution in [0.5, 0.6) is 11.5 Å². The van der Waals surface area contributed by atoms with Gasteiger partial charge < -0.3 is 25.0 Å². The van der Waals surface area contributed by atoms with E-state index in [9.17, 15) is 4.79 Å². The predicted molar refractivity (Wildman–Crippen MR) is 135 cm³/mol. The van der Waals surface area contributed by atoms with Crippen molar-refractivity contribution in [2.45, 2.75) is 46.6 Å². The van der Waals surface area contributed by atoms with E-state index in [2.05, 4.69) is 21.6 Å². The summed E-state index contributed by atoms with van der Waals surface area (Å²) < 4.78 is 11.4. The van der Waals surface area contributed by atoms with Gasteiger partial charge in [-0.05, 0) is 68.0 Å². The van der Waals surface area contributed by atoms with Gasteiger partial charge in [-0.1, -0.05) is 26.0 Å². The van der Waals surface area contributed by atoms with Gasteiger partial charge in [-0.2, -0.15) is 0 Å². The van der Waals surface area contributed by atoms with Gasteiger partial charge in [0.15, 0.2) is 11.5 Å². The Balaban J connectivity index is 0.00000149. The summed E-state index contributed by atoms with van der Waals surface area (Å²) in [4.78, 5) is 15.4. The highest BCUT2D eigenvalue weighted by Crippen LogP contribution is 2.34. The molecule has 1 amide bonds. The molecule has 1 aliphatic heterocycles. The molecule has 6 heteroatoms. The fourth-order valence-electron chi connectivity index (χ4n) is 3.90. The Bertz CT molecular complexity index is 921. The summed E-state index contributed by atoms with van der Waals surface area (Å²) in [6.45, 7) is 12.6. The number of amides is 1. The van der Waals surface area contributed by atoms with E-state index in [4.69, 9.17) is 9.47 Å². The van der Waals surface area contributed by atoms with Crippen molar-refractivity contribution in [3.63, 3.8) is 0 Å². The molecule has 2 aromatic rings. The van der Waals surface area contributed by atoms with Gasteiger partial charge in [0.2, 0.25) is 0 Å². The summed E-state index contributed by atoms with van der Waals surface area (Å²) in [7, 11) is 1.65. The van der Waals surface area contributed by atoms with Crippen LogP contribution in [0.4, 0.5) is 5.69 Å². The molecule has 1 unspecified atom stereocenters. The molecular formula is C27H39N3O3. The lowest BCUT2D eigenvalue weighted by Crippen LogP contribution is -2.43. The summed E-state index contributed by atoms with van der Waals surface area (Å²) >= 11 is 0. The van der Waals surface area contributed by atoms with Crippen LogP contribution in [0.15, 0.2) is 36.4 Å². The summed E-state index contributed by atoms with van der Waals surface area (Å²) in [6.07, 6.45) is 2.50. The molecule has 0 radical (unpaired) electrons. The monoisotopic (exact) mass is 453 g/mol. The van der Waals surface area contributed by atoms with Crippen LogP contribution >= 0.6 is 0 Å². The number of anilines is 1. The number of hydrogen-bond acceptors (Lipinski definition) is 5. The zero-order chi connectivity index (χ0) is 23.8. The van der Waals surface area contributed by atoms with Crippen molar-refractivity contribution in [1.29, 1.82) is 0 Å². The van der Waals surface area contributed by atoms with Gasteiger partial charge in [0.05, 0.1) is 19.8 Å². The van der Waals surface area contributed by atoms with Gasteiger partial charge in [-0.25, -0.2) is 0 Å². The Labute approximate surface area is 198 Å². The Morgan fingerprint density at radius 3 is 2.52 bits per heavy atom. The van der Waals surface area contributed by atoms with Crippen molar-refractivity contribution >= 4 is 11.6 Å². The molecule has 1 saturated carbocycles. The molecule has 0 aromatic heterocycles. The number of ether oxygens (including phenoxy) is 2. The van der Waals surface area contributed by atoms with E-state index in [-0.39, 0.29) is 11.9 Å². The number of rotatable bonds is 8. The average Bonchev–Trinajstić information content (AvgIpc) is 3.69. The number of hydrogen-bond donors (Lipinski definition) is 2. The number of piperazine rings is 1. The minimum absolute atomic E-state index is 0.0602. The van der Waals surface area contributed by atoms with Crippen LogP contribution in [0, 0.1) is 12.8 Å². The van der Waals surface area contributed by atoms with Crippen LogP contribution in [0.3, 0.4) is 0 Å². The maximum Gasteiger partial charge on any atom is 0.252 e. The largest absolute Gasteiger partial charge is 0.493 e. The van der Waals surface area contributed by atoms with Crippen molar-refractivity contribution in [2.24, 2.45) is 5.92 Å². The minimum Gasteiger partial charge on any atom is -0.493 e. The van der Waals surface area contributed by atoms with Crippen molar-refractivity contribution in [2.75, 3.05) is 44.8 Å². The number of nitrogens with zero attached hydrogens (tertiary/aromatic N) is 1. The van der Waals surface area contributed by atoms with Crippen molar-refractivity contribution < 1.29 is 14.3 Å². The third-order valence-electron chi connectivity index (χ3n) is 6.15. The SMILES string of the molecule is CC.COc1cc(C(C)NC(=O)c2cc(N3CCNCC3)ccc2C)ccc1OCC1CC1. The highest BCUT2D eigenvalue weighted by Gasteiger charge is 2.23. The number of carbonyl (C=O) groups is 1. The first kappa shape index (κ1) is 24.9. The number of carbonyl (C=O) groups excluding carboxylic acids is 1. The molecule has 2 aliphatic rings. The highest BCUT2D eigenvalue weighted by atomic mass is 16.5. The third-order valence-corrected chi connectivity index (χ3v) is 6.15. The number of methoxy groups -OCH3 is 1. The first-order valence-electron chi connectivity index (χ1n) is 12.2. The molecule has 1 aliphatic carbocycles. The Morgan fingerprint density at radius 2 is 1.85 bits per heavy atom. The topological polar surface area (TPSA) is 62.8 Å². The van der Waals surface area contributed by atoms with E-state index < -0.39 is 0 Å². The second-order valence-electron chi connectivity index (χ2n) is 8.60. The first-order chi connectivity index (χ1) is 16.0. The van der Waals surface area contributed by atoms with Crippen molar-refractivity contribution in [3.8, 4) is 11.5 Å². The molecule has 4 rings (SSSR count). The second kappa shape index (κ2) is 11.9. The Kier molecular flexibility index (Phi) is 9.01. The molecule has 1 atom stereocenters. The number of benzene rings is 2. The van der Waals surface area contributed by atoms with Crippen molar-refractivity contribution in [3.05, 3.63) is 53.1 Å². The number of aryl methyl sites for hydroxylation is 1. The molecule has 1 saturated heterocycles. The van der Waals surface area contributed by atoms with Gasteiger partial charge in [0, 0.05) is 37.4 Å². The second-order valence-corrected chi connectivity index (χ2v) is 8.60. The molecular weight excluding hydrogens is 414 g/mol. The highest BCUT2D eigenvalue weighted by molar-refractivity contribution is 5.96. The Morgan fingerprint density at radius 1 is 1.12 bits per heavy atom. The van der Waals surface area contributed by atoms with E-state index >= 15 is 0 Å². The van der Waals surface area contributed by atoms with E-state index in [1.165, 1.54) is 12.8 Å². The average molecular weight is 454 g/mol. The maximum atomic E-state index is 13.1. The van der Waals surface area contributed by atoms with Crippen LogP contribution < -0.4 is 25.0 Å². The quantitative estimate of drug-likeness (QED) is 0.606. The van der Waals surface area contributed by atoms with E-state index in [0.29, 0.717) is 11.7 Å². The van der Waals surface area contributed by atoms with Crippen LogP contribution in [-0.4, -0.2) is 45.8 Å². The molecule has 0 spiro atoms. The molecule has 1 heterocycles. The smallest absolute Gasteiger partial charge is 0.252 e. The third kappa shape index (κ3) is 6.64. The normalized spacial score (nSPS) is 16.3. The van der Waals surface area contributed by atoms with Crippen LogP contribution in [0.1, 0.15) is 61.1 Å². The zero-order valence-corrected chi connectivity index (χ0v) is 20.7. The van der Waals surface area contributed by atoms with E-state index in [1.807, 2.05) is 58.0 Å². The molecule has 6 nitrogen and oxygen atoms in total. The molecule has 2 fully saturated rings. The molecule has 33 heavy (non-hydrogen) atoms. The van der Waals surface area contributed by atoms with Crippen LogP contribution in [-0.2, 0) is 0 Å². The van der Waals surface area contributed by atoms with Crippen LogP contribution in [0.2, 0.25) is 0 Å². The summed E-state index contributed by atoms with van der Waals surface area (Å²) in [5.74, 6) is 2.09. The fourth-order valence-corrected chi connectivity index (χ4v) is 3.90. The zero-order valence-electron chi connectivity index (χ0n) is 20.7. The molecule has 180 valence electrons. The summed E-state index contributed by atoms with van der Waals surface area (Å²) in [5, 5.41) is 6.52. The molecule has 2 N–H and O–H groups in total. The lowest BCUT2D eigenvalue weighted by Gasteiger charge is -2.30. The lowest BCUT2D eigenvalue weighted by molar-refractivity contribution is 0.0939. The van der Waals surface area contributed by atoms with E-state index in [1.54, 1.807) is 7.11 Å². The van der Waals surface area contributed by atoms with Gasteiger partial charge >= 0.3 is 0 Å². The van der Waals surface area contributed by atoms with Gasteiger partial charge in [0.25, 0.3) is 5.91 Å². The fraction of sp³-hybridized carbons (Fsp3) is 0.519. The van der Waals surface area contributed by atoms with Crippen LogP contribution in [0.25, 0.3) is 0 Å². The maximum absolute atomic E-state index is 13.1. The lowest BCUT2D eigenvalue weighted by atomic mass is 10.0.